The van der Waals surface area contributed by atoms with Crippen LogP contribution in [0.3, 0.4) is 0 Å². The van der Waals surface area contributed by atoms with E-state index in [0.717, 1.165) is 44.2 Å². The highest BCUT2D eigenvalue weighted by Crippen LogP contribution is 2.26. The molecule has 0 aliphatic carbocycles. The number of benzene rings is 2. The number of carbonyl (C=O) groups excluding carboxylic acids is 1. The maximum atomic E-state index is 12.9. The molecule has 2 saturated heterocycles. The Hall–Kier alpha value is -3.35. The topological polar surface area (TPSA) is 65.7 Å². The number of piperidine rings is 1. The predicted octanol–water partition coefficient (Wildman–Crippen LogP) is 4.95. The van der Waals surface area contributed by atoms with Crippen LogP contribution in [0.4, 0.5) is 11.4 Å². The average molecular weight is 488 g/mol. The minimum atomic E-state index is 0.144. The molecule has 2 aliphatic rings. The monoisotopic (exact) mass is 487 g/mol. The molecule has 2 aliphatic heterocycles. The maximum absolute atomic E-state index is 12.9. The van der Waals surface area contributed by atoms with E-state index in [-0.39, 0.29) is 11.9 Å². The van der Waals surface area contributed by atoms with Gasteiger partial charge in [0.15, 0.2) is 0 Å². The Labute approximate surface area is 214 Å². The first-order valence-corrected chi connectivity index (χ1v) is 13.3. The zero-order chi connectivity index (χ0) is 25.1. The van der Waals surface area contributed by atoms with Crippen LogP contribution in [0.25, 0.3) is 11.4 Å². The first-order valence-electron chi connectivity index (χ1n) is 13.3. The Morgan fingerprint density at radius 2 is 1.78 bits per heavy atom. The molecule has 0 radical (unpaired) electrons. The Bertz CT molecular complexity index is 1170. The summed E-state index contributed by atoms with van der Waals surface area (Å²) in [6.45, 7) is 11.1. The van der Waals surface area contributed by atoms with Gasteiger partial charge in [0, 0.05) is 68.5 Å². The predicted molar refractivity (Wildman–Crippen MR) is 143 cm³/mol. The third kappa shape index (κ3) is 5.55. The fourth-order valence-corrected chi connectivity index (χ4v) is 5.31. The minimum Gasteiger partial charge on any atom is -0.372 e. The van der Waals surface area contributed by atoms with E-state index in [1.54, 1.807) is 0 Å². The van der Waals surface area contributed by atoms with Gasteiger partial charge in [0.1, 0.15) is 0 Å². The second kappa shape index (κ2) is 10.7. The molecule has 2 aromatic carbocycles. The molecule has 0 bridgehead atoms. The normalized spacial score (nSPS) is 19.1. The highest BCUT2D eigenvalue weighted by Gasteiger charge is 2.27. The zero-order valence-corrected chi connectivity index (χ0v) is 21.7. The van der Waals surface area contributed by atoms with Gasteiger partial charge in [0.05, 0.1) is 0 Å². The number of anilines is 2. The zero-order valence-electron chi connectivity index (χ0n) is 21.7. The van der Waals surface area contributed by atoms with Gasteiger partial charge in [0.2, 0.25) is 17.6 Å². The molecule has 5 rings (SSSR count). The van der Waals surface area contributed by atoms with Crippen LogP contribution >= 0.6 is 0 Å². The van der Waals surface area contributed by atoms with Crippen LogP contribution in [0.5, 0.6) is 0 Å². The van der Waals surface area contributed by atoms with E-state index in [0.29, 0.717) is 24.6 Å². The van der Waals surface area contributed by atoms with E-state index in [2.05, 4.69) is 89.2 Å². The number of aromatic nitrogens is 2. The minimum absolute atomic E-state index is 0.144. The lowest BCUT2D eigenvalue weighted by Crippen LogP contribution is -2.53. The number of carbonyl (C=O) groups is 1. The molecule has 190 valence electrons. The standard InChI is InChI=1S/C29H37N5O2/c1-21-13-15-32(16-14-21)25-9-7-24(8-10-25)29-30-27(36-31-29)11-12-28(35)33-17-18-34(23(3)20-33)26-6-4-5-22(2)19-26/h4-10,19,21,23H,11-18,20H2,1-3H3. The first-order chi connectivity index (χ1) is 17.5. The third-order valence-electron chi connectivity index (χ3n) is 7.61. The molecule has 0 saturated carbocycles. The number of aryl methyl sites for hydroxylation is 2. The van der Waals surface area contributed by atoms with Gasteiger partial charge in [-0.1, -0.05) is 24.2 Å². The van der Waals surface area contributed by atoms with Gasteiger partial charge in [0.25, 0.3) is 0 Å². The lowest BCUT2D eigenvalue weighted by atomic mass is 9.98. The smallest absolute Gasteiger partial charge is 0.227 e. The second-order valence-electron chi connectivity index (χ2n) is 10.4. The van der Waals surface area contributed by atoms with Crippen LogP contribution < -0.4 is 9.80 Å². The van der Waals surface area contributed by atoms with Gasteiger partial charge in [-0.3, -0.25) is 4.79 Å². The van der Waals surface area contributed by atoms with Crippen LogP contribution in [0.2, 0.25) is 0 Å². The quantitative estimate of drug-likeness (QED) is 0.490. The van der Waals surface area contributed by atoms with E-state index in [4.69, 9.17) is 4.52 Å². The molecular formula is C29H37N5O2. The maximum Gasteiger partial charge on any atom is 0.227 e. The van der Waals surface area contributed by atoms with E-state index >= 15 is 0 Å². The van der Waals surface area contributed by atoms with Crippen molar-refractivity contribution in [2.45, 2.75) is 52.5 Å². The SMILES string of the molecule is Cc1cccc(N2CCN(C(=O)CCc3nc(-c4ccc(N5CCC(C)CC5)cc4)no3)CC2C)c1. The van der Waals surface area contributed by atoms with Crippen molar-refractivity contribution in [1.82, 2.24) is 15.0 Å². The highest BCUT2D eigenvalue weighted by atomic mass is 16.5. The highest BCUT2D eigenvalue weighted by molar-refractivity contribution is 5.77. The van der Waals surface area contributed by atoms with Gasteiger partial charge in [-0.15, -0.1) is 0 Å². The van der Waals surface area contributed by atoms with Crippen molar-refractivity contribution in [3.8, 4) is 11.4 Å². The van der Waals surface area contributed by atoms with Crippen molar-refractivity contribution in [3.05, 3.63) is 60.0 Å². The van der Waals surface area contributed by atoms with Gasteiger partial charge in [-0.25, -0.2) is 0 Å². The van der Waals surface area contributed by atoms with Crippen molar-refractivity contribution < 1.29 is 9.32 Å². The molecule has 0 N–H and O–H groups in total. The van der Waals surface area contributed by atoms with Crippen molar-refractivity contribution >= 4 is 17.3 Å². The second-order valence-corrected chi connectivity index (χ2v) is 10.4. The first kappa shape index (κ1) is 24.3. The number of rotatable bonds is 6. The van der Waals surface area contributed by atoms with Gasteiger partial charge >= 0.3 is 0 Å². The largest absolute Gasteiger partial charge is 0.372 e. The summed E-state index contributed by atoms with van der Waals surface area (Å²) in [5.74, 6) is 2.05. The Balaban J connectivity index is 1.12. The molecule has 1 unspecified atom stereocenters. The van der Waals surface area contributed by atoms with E-state index in [9.17, 15) is 4.79 Å². The van der Waals surface area contributed by atoms with E-state index < -0.39 is 0 Å². The lowest BCUT2D eigenvalue weighted by Gasteiger charge is -2.41. The summed E-state index contributed by atoms with van der Waals surface area (Å²) >= 11 is 0. The van der Waals surface area contributed by atoms with E-state index in [1.807, 2.05) is 4.90 Å². The summed E-state index contributed by atoms with van der Waals surface area (Å²) in [4.78, 5) is 24.3. The number of nitrogens with zero attached hydrogens (tertiary/aromatic N) is 5. The van der Waals surface area contributed by atoms with Crippen LogP contribution in [0.1, 0.15) is 44.6 Å². The molecule has 0 spiro atoms. The number of hydrogen-bond acceptors (Lipinski definition) is 6. The van der Waals surface area contributed by atoms with Crippen LogP contribution in [0, 0.1) is 12.8 Å². The summed E-state index contributed by atoms with van der Waals surface area (Å²) in [5, 5.41) is 4.16. The molecule has 3 heterocycles. The van der Waals surface area contributed by atoms with Crippen molar-refractivity contribution in [2.24, 2.45) is 5.92 Å². The fraction of sp³-hybridized carbons (Fsp3) is 0.483. The van der Waals surface area contributed by atoms with E-state index in [1.165, 1.54) is 29.8 Å². The Kier molecular flexibility index (Phi) is 7.25. The Morgan fingerprint density at radius 3 is 2.50 bits per heavy atom. The molecule has 7 heteroatoms. The molecule has 3 aromatic rings. The van der Waals surface area contributed by atoms with Crippen molar-refractivity contribution in [2.75, 3.05) is 42.5 Å². The molecular weight excluding hydrogens is 450 g/mol. The molecule has 36 heavy (non-hydrogen) atoms. The van der Waals surface area contributed by atoms with Crippen LogP contribution in [-0.2, 0) is 11.2 Å². The number of amides is 1. The Morgan fingerprint density at radius 1 is 1.00 bits per heavy atom. The van der Waals surface area contributed by atoms with Crippen molar-refractivity contribution in [1.29, 1.82) is 0 Å². The molecule has 1 aromatic heterocycles. The third-order valence-corrected chi connectivity index (χ3v) is 7.61. The molecule has 2 fully saturated rings. The number of piperazine rings is 1. The van der Waals surface area contributed by atoms with Crippen LogP contribution in [0.15, 0.2) is 53.1 Å². The summed E-state index contributed by atoms with van der Waals surface area (Å²) in [7, 11) is 0. The molecule has 7 nitrogen and oxygen atoms in total. The molecule has 1 amide bonds. The summed E-state index contributed by atoms with van der Waals surface area (Å²) < 4.78 is 5.47. The number of hydrogen-bond donors (Lipinski definition) is 0. The fourth-order valence-electron chi connectivity index (χ4n) is 5.31. The summed E-state index contributed by atoms with van der Waals surface area (Å²) in [6, 6.07) is 17.2. The van der Waals surface area contributed by atoms with Gasteiger partial charge in [-0.2, -0.15) is 4.98 Å². The van der Waals surface area contributed by atoms with Gasteiger partial charge in [-0.05, 0) is 74.6 Å². The molecule has 1 atom stereocenters. The summed E-state index contributed by atoms with van der Waals surface area (Å²) in [5.41, 5.74) is 4.67. The average Bonchev–Trinajstić information content (AvgIpc) is 3.37. The lowest BCUT2D eigenvalue weighted by molar-refractivity contribution is -0.132. The van der Waals surface area contributed by atoms with Crippen LogP contribution in [-0.4, -0.2) is 59.7 Å². The van der Waals surface area contributed by atoms with Gasteiger partial charge < -0.3 is 19.2 Å². The van der Waals surface area contributed by atoms with Crippen molar-refractivity contribution in [3.63, 3.8) is 0 Å². The summed E-state index contributed by atoms with van der Waals surface area (Å²) in [6.07, 6.45) is 3.33.